The van der Waals surface area contributed by atoms with Crippen LogP contribution >= 0.6 is 11.6 Å². The zero-order valence-electron chi connectivity index (χ0n) is 10.6. The molecule has 0 radical (unpaired) electrons. The normalized spacial score (nSPS) is 18.4. The summed E-state index contributed by atoms with van der Waals surface area (Å²) in [5.41, 5.74) is 6.93. The lowest BCUT2D eigenvalue weighted by atomic mass is 9.82. The van der Waals surface area contributed by atoms with E-state index in [1.807, 2.05) is 24.3 Å². The Morgan fingerprint density at radius 2 is 2.00 bits per heavy atom. The molecule has 0 spiro atoms. The Balaban J connectivity index is 2.03. The molecule has 3 rings (SSSR count). The summed E-state index contributed by atoms with van der Waals surface area (Å²) in [5.74, 6) is 0.731. The van der Waals surface area contributed by atoms with Crippen molar-refractivity contribution in [3.63, 3.8) is 0 Å². The maximum absolute atomic E-state index is 6.50. The number of hydrogen-bond donors (Lipinski definition) is 1. The van der Waals surface area contributed by atoms with Crippen LogP contribution < -0.4 is 5.73 Å². The first-order valence-electron chi connectivity index (χ1n) is 6.53. The molecule has 0 saturated heterocycles. The molecule has 1 aromatic heterocycles. The number of nitrogens with two attached hydrogens (primary N) is 1. The Labute approximate surface area is 116 Å². The van der Waals surface area contributed by atoms with Crippen LogP contribution in [0.4, 0.5) is 0 Å². The lowest BCUT2D eigenvalue weighted by Crippen LogP contribution is -2.41. The summed E-state index contributed by atoms with van der Waals surface area (Å²) >= 11 is 6.02. The van der Waals surface area contributed by atoms with Gasteiger partial charge in [-0.3, -0.25) is 0 Å². The minimum Gasteiger partial charge on any atom is -0.319 e. The molecule has 0 bridgehead atoms. The summed E-state index contributed by atoms with van der Waals surface area (Å²) in [4.78, 5) is 0. The predicted octanol–water partition coefficient (Wildman–Crippen LogP) is 2.43. The second-order valence-electron chi connectivity index (χ2n) is 5.11. The molecule has 5 nitrogen and oxygen atoms in total. The highest BCUT2D eigenvalue weighted by Crippen LogP contribution is 2.34. The predicted molar refractivity (Wildman–Crippen MR) is 73.1 cm³/mol. The number of hydrogen-bond acceptors (Lipinski definition) is 4. The van der Waals surface area contributed by atoms with Crippen LogP contribution in [0.3, 0.4) is 0 Å². The summed E-state index contributed by atoms with van der Waals surface area (Å²) < 4.78 is 1.71. The van der Waals surface area contributed by atoms with Gasteiger partial charge in [0.1, 0.15) is 0 Å². The standard InChI is InChI=1S/C13H16ClN5/c14-10-5-4-6-11(9-10)19-12(16-17-18-19)13(15)7-2-1-3-8-13/h4-6,9H,1-3,7-8,15H2. The molecule has 2 aromatic rings. The Bertz CT molecular complexity index is 574. The van der Waals surface area contributed by atoms with Gasteiger partial charge in [0.25, 0.3) is 0 Å². The topological polar surface area (TPSA) is 69.6 Å². The van der Waals surface area contributed by atoms with Crippen molar-refractivity contribution in [2.24, 2.45) is 5.73 Å². The highest BCUT2D eigenvalue weighted by molar-refractivity contribution is 6.30. The van der Waals surface area contributed by atoms with E-state index in [1.54, 1.807) is 4.68 Å². The SMILES string of the molecule is NC1(c2nnnn2-c2cccc(Cl)c2)CCCCC1. The van der Waals surface area contributed by atoms with E-state index in [1.165, 1.54) is 6.42 Å². The van der Waals surface area contributed by atoms with Crippen molar-refractivity contribution in [2.75, 3.05) is 0 Å². The van der Waals surface area contributed by atoms with Crippen molar-refractivity contribution < 1.29 is 0 Å². The Morgan fingerprint density at radius 3 is 2.74 bits per heavy atom. The third-order valence-electron chi connectivity index (χ3n) is 3.71. The van der Waals surface area contributed by atoms with Gasteiger partial charge in [0.2, 0.25) is 0 Å². The first kappa shape index (κ1) is 12.6. The van der Waals surface area contributed by atoms with E-state index >= 15 is 0 Å². The number of halogens is 1. The van der Waals surface area contributed by atoms with Crippen LogP contribution in [-0.2, 0) is 5.54 Å². The molecular formula is C13H16ClN5. The van der Waals surface area contributed by atoms with E-state index in [-0.39, 0.29) is 0 Å². The third-order valence-corrected chi connectivity index (χ3v) is 3.95. The zero-order valence-corrected chi connectivity index (χ0v) is 11.3. The second-order valence-corrected chi connectivity index (χ2v) is 5.55. The summed E-state index contributed by atoms with van der Waals surface area (Å²) in [6.45, 7) is 0. The first-order chi connectivity index (χ1) is 9.19. The Kier molecular flexibility index (Phi) is 3.24. The number of benzene rings is 1. The van der Waals surface area contributed by atoms with E-state index in [0.29, 0.717) is 5.02 Å². The summed E-state index contributed by atoms with van der Waals surface area (Å²) in [6, 6.07) is 7.48. The fourth-order valence-electron chi connectivity index (χ4n) is 2.69. The molecule has 1 aliphatic carbocycles. The maximum Gasteiger partial charge on any atom is 0.176 e. The minimum absolute atomic E-state index is 0.427. The molecular weight excluding hydrogens is 262 g/mol. The van der Waals surface area contributed by atoms with Crippen LogP contribution in [0.2, 0.25) is 5.02 Å². The van der Waals surface area contributed by atoms with E-state index in [2.05, 4.69) is 15.5 Å². The molecule has 1 fully saturated rings. The molecule has 6 heteroatoms. The molecule has 0 amide bonds. The van der Waals surface area contributed by atoms with Crippen molar-refractivity contribution in [2.45, 2.75) is 37.6 Å². The number of aromatic nitrogens is 4. The van der Waals surface area contributed by atoms with Gasteiger partial charge in [-0.2, -0.15) is 4.68 Å². The lowest BCUT2D eigenvalue weighted by Gasteiger charge is -2.31. The van der Waals surface area contributed by atoms with Gasteiger partial charge in [-0.1, -0.05) is 36.9 Å². The molecule has 19 heavy (non-hydrogen) atoms. The van der Waals surface area contributed by atoms with Crippen molar-refractivity contribution in [1.29, 1.82) is 0 Å². The van der Waals surface area contributed by atoms with E-state index in [9.17, 15) is 0 Å². The van der Waals surface area contributed by atoms with E-state index in [0.717, 1.165) is 37.2 Å². The van der Waals surface area contributed by atoms with Crippen molar-refractivity contribution in [3.8, 4) is 5.69 Å². The summed E-state index contributed by atoms with van der Waals surface area (Å²) in [6.07, 6.45) is 5.33. The molecule has 0 unspecified atom stereocenters. The van der Waals surface area contributed by atoms with Gasteiger partial charge < -0.3 is 5.73 Å². The lowest BCUT2D eigenvalue weighted by molar-refractivity contribution is 0.282. The average Bonchev–Trinajstić information content (AvgIpc) is 2.89. The smallest absolute Gasteiger partial charge is 0.176 e. The van der Waals surface area contributed by atoms with Crippen molar-refractivity contribution >= 4 is 11.6 Å². The van der Waals surface area contributed by atoms with Crippen LogP contribution in [0.15, 0.2) is 24.3 Å². The van der Waals surface area contributed by atoms with Crippen molar-refractivity contribution in [1.82, 2.24) is 20.2 Å². The van der Waals surface area contributed by atoms with Crippen LogP contribution in [0.5, 0.6) is 0 Å². The van der Waals surface area contributed by atoms with Crippen molar-refractivity contribution in [3.05, 3.63) is 35.1 Å². The first-order valence-corrected chi connectivity index (χ1v) is 6.90. The van der Waals surface area contributed by atoms with Gasteiger partial charge in [-0.05, 0) is 41.5 Å². The number of nitrogens with zero attached hydrogens (tertiary/aromatic N) is 4. The molecule has 1 heterocycles. The van der Waals surface area contributed by atoms with Gasteiger partial charge in [-0.25, -0.2) is 0 Å². The fraction of sp³-hybridized carbons (Fsp3) is 0.462. The number of tetrazole rings is 1. The molecule has 1 aromatic carbocycles. The summed E-state index contributed by atoms with van der Waals surface area (Å²) in [5, 5.41) is 12.7. The molecule has 1 aliphatic rings. The fourth-order valence-corrected chi connectivity index (χ4v) is 2.87. The molecule has 100 valence electrons. The zero-order chi connectivity index (χ0) is 13.3. The Hall–Kier alpha value is -1.46. The highest BCUT2D eigenvalue weighted by atomic mass is 35.5. The van der Waals surface area contributed by atoms with Gasteiger partial charge in [0.15, 0.2) is 5.82 Å². The minimum atomic E-state index is -0.427. The number of rotatable bonds is 2. The summed E-state index contributed by atoms with van der Waals surface area (Å²) in [7, 11) is 0. The van der Waals surface area contributed by atoms with E-state index < -0.39 is 5.54 Å². The maximum atomic E-state index is 6.50. The average molecular weight is 278 g/mol. The van der Waals surface area contributed by atoms with Crippen LogP contribution in [0, 0.1) is 0 Å². The van der Waals surface area contributed by atoms with Gasteiger partial charge in [0, 0.05) is 5.02 Å². The Morgan fingerprint density at radius 1 is 1.21 bits per heavy atom. The van der Waals surface area contributed by atoms with Gasteiger partial charge >= 0.3 is 0 Å². The van der Waals surface area contributed by atoms with Crippen LogP contribution in [0.25, 0.3) is 5.69 Å². The molecule has 0 aliphatic heterocycles. The van der Waals surface area contributed by atoms with E-state index in [4.69, 9.17) is 17.3 Å². The van der Waals surface area contributed by atoms with Gasteiger partial charge in [0.05, 0.1) is 11.2 Å². The quantitative estimate of drug-likeness (QED) is 0.915. The largest absolute Gasteiger partial charge is 0.319 e. The monoisotopic (exact) mass is 277 g/mol. The molecule has 2 N–H and O–H groups in total. The molecule has 0 atom stereocenters. The van der Waals surface area contributed by atoms with Crippen LogP contribution in [-0.4, -0.2) is 20.2 Å². The third kappa shape index (κ3) is 2.35. The molecule has 1 saturated carbocycles. The van der Waals surface area contributed by atoms with Gasteiger partial charge in [-0.15, -0.1) is 5.10 Å². The second kappa shape index (κ2) is 4.90. The van der Waals surface area contributed by atoms with Crippen LogP contribution in [0.1, 0.15) is 37.9 Å². The highest BCUT2D eigenvalue weighted by Gasteiger charge is 2.35.